The van der Waals surface area contributed by atoms with Gasteiger partial charge in [0.25, 0.3) is 11.6 Å². The lowest BCUT2D eigenvalue weighted by atomic mass is 10.0. The lowest BCUT2D eigenvalue weighted by molar-refractivity contribution is -0.384. The minimum absolute atomic E-state index is 0.0579. The summed E-state index contributed by atoms with van der Waals surface area (Å²) in [5.41, 5.74) is -0.171. The van der Waals surface area contributed by atoms with Crippen LogP contribution in [0.15, 0.2) is 29.5 Å². The first-order valence-corrected chi connectivity index (χ1v) is 10.7. The maximum atomic E-state index is 12.8. The van der Waals surface area contributed by atoms with E-state index >= 15 is 0 Å². The number of nitrogens with zero attached hydrogens (tertiary/aromatic N) is 1. The molecule has 0 bridgehead atoms. The van der Waals surface area contributed by atoms with Crippen LogP contribution in [0.4, 0.5) is 10.5 Å². The zero-order chi connectivity index (χ0) is 25.6. The number of ether oxygens (including phenoxy) is 2. The van der Waals surface area contributed by atoms with Gasteiger partial charge >= 0.3 is 18.0 Å². The van der Waals surface area contributed by atoms with Gasteiger partial charge in [0, 0.05) is 12.1 Å². The normalized spacial score (nSPS) is 16.3. The number of hydrogen-bond donors (Lipinski definition) is 3. The fourth-order valence-electron chi connectivity index (χ4n) is 3.14. The minimum atomic E-state index is -1.11. The summed E-state index contributed by atoms with van der Waals surface area (Å²) in [4.78, 5) is 59.8. The summed E-state index contributed by atoms with van der Waals surface area (Å²) in [7, 11) is 0. The van der Waals surface area contributed by atoms with Crippen molar-refractivity contribution in [3.63, 3.8) is 0 Å². The number of nitro groups is 1. The highest BCUT2D eigenvalue weighted by Crippen LogP contribution is 2.23. The molecule has 2 unspecified atom stereocenters. The van der Waals surface area contributed by atoms with E-state index in [9.17, 15) is 29.3 Å². The number of urea groups is 1. The third kappa shape index (κ3) is 6.44. The summed E-state index contributed by atoms with van der Waals surface area (Å²) in [6.45, 7) is 6.22. The Bertz CT molecular complexity index is 1040. The van der Waals surface area contributed by atoms with Crippen LogP contribution in [0.25, 0.3) is 0 Å². The van der Waals surface area contributed by atoms with E-state index in [1.165, 1.54) is 6.07 Å². The molecule has 0 radical (unpaired) electrons. The van der Waals surface area contributed by atoms with Crippen LogP contribution in [0.3, 0.4) is 0 Å². The Labute approximate surface area is 200 Å². The van der Waals surface area contributed by atoms with Crippen molar-refractivity contribution < 1.29 is 33.6 Å². The Morgan fingerprint density at radius 2 is 1.94 bits per heavy atom. The number of nitro benzene ring substituents is 1. The minimum Gasteiger partial charge on any atom is -0.463 e. The number of esters is 2. The molecule has 2 atom stereocenters. The van der Waals surface area contributed by atoms with Crippen molar-refractivity contribution in [2.75, 3.05) is 13.2 Å². The third-order valence-corrected chi connectivity index (χ3v) is 5.15. The fourth-order valence-corrected chi connectivity index (χ4v) is 3.41. The maximum absolute atomic E-state index is 12.8. The van der Waals surface area contributed by atoms with E-state index in [2.05, 4.69) is 16.0 Å². The number of nitrogens with one attached hydrogen (secondary N) is 3. The van der Waals surface area contributed by atoms with Gasteiger partial charge < -0.3 is 25.4 Å². The van der Waals surface area contributed by atoms with Crippen molar-refractivity contribution in [3.8, 4) is 0 Å². The molecule has 0 spiro atoms. The molecule has 2 rings (SSSR count). The molecule has 0 saturated heterocycles. The quantitative estimate of drug-likeness (QED) is 0.265. The van der Waals surface area contributed by atoms with Crippen LogP contribution in [0.5, 0.6) is 0 Å². The Morgan fingerprint density at radius 3 is 2.50 bits per heavy atom. The Kier molecular flexibility index (Phi) is 8.96. The fraction of sp³-hybridized carbons (Fsp3) is 0.429. The average molecular weight is 497 g/mol. The molecule has 12 nitrogen and oxygen atoms in total. The first kappa shape index (κ1) is 26.6. The molecule has 13 heteroatoms. The van der Waals surface area contributed by atoms with Crippen molar-refractivity contribution >= 4 is 41.2 Å². The van der Waals surface area contributed by atoms with E-state index < -0.39 is 53.4 Å². The zero-order valence-electron chi connectivity index (χ0n) is 19.0. The first-order valence-electron chi connectivity index (χ1n) is 10.3. The van der Waals surface area contributed by atoms with E-state index in [1.54, 1.807) is 27.7 Å². The van der Waals surface area contributed by atoms with Gasteiger partial charge in [0.2, 0.25) is 0 Å². The highest BCUT2D eigenvalue weighted by atomic mass is 35.5. The highest BCUT2D eigenvalue weighted by Gasteiger charge is 2.32. The smallest absolute Gasteiger partial charge is 0.338 e. The second-order valence-electron chi connectivity index (χ2n) is 7.66. The Morgan fingerprint density at radius 1 is 1.26 bits per heavy atom. The molecule has 3 amide bonds. The monoisotopic (exact) mass is 496 g/mol. The summed E-state index contributed by atoms with van der Waals surface area (Å²) >= 11 is 5.99. The summed E-state index contributed by atoms with van der Waals surface area (Å²) in [5.74, 6) is -2.63. The van der Waals surface area contributed by atoms with Crippen LogP contribution in [-0.4, -0.2) is 54.1 Å². The number of non-ortho nitro benzene ring substituents is 1. The molecule has 3 N–H and O–H groups in total. The van der Waals surface area contributed by atoms with E-state index in [0.29, 0.717) is 0 Å². The molecule has 1 heterocycles. The molecule has 1 aromatic carbocycles. The summed E-state index contributed by atoms with van der Waals surface area (Å²) in [6.07, 6.45) is 0. The third-order valence-electron chi connectivity index (χ3n) is 4.84. The lowest BCUT2D eigenvalue weighted by Gasteiger charge is -2.27. The topological polar surface area (TPSA) is 166 Å². The predicted octanol–water partition coefficient (Wildman–Crippen LogP) is 2.06. The molecule has 0 aliphatic carbocycles. The number of hydrogen-bond acceptors (Lipinski definition) is 8. The molecule has 1 aliphatic heterocycles. The summed E-state index contributed by atoms with van der Waals surface area (Å²) in [6, 6.07) is 0.970. The molecule has 34 heavy (non-hydrogen) atoms. The van der Waals surface area contributed by atoms with Crippen LogP contribution in [0.2, 0.25) is 5.02 Å². The number of benzene rings is 1. The maximum Gasteiger partial charge on any atom is 0.338 e. The lowest BCUT2D eigenvalue weighted by Crippen LogP contribution is -2.50. The number of halogens is 1. The van der Waals surface area contributed by atoms with Gasteiger partial charge in [-0.3, -0.25) is 14.9 Å². The van der Waals surface area contributed by atoms with Crippen molar-refractivity contribution in [3.05, 3.63) is 50.2 Å². The van der Waals surface area contributed by atoms with Crippen LogP contribution in [-0.2, 0) is 19.1 Å². The van der Waals surface area contributed by atoms with E-state index in [-0.39, 0.29) is 34.2 Å². The van der Waals surface area contributed by atoms with Gasteiger partial charge in [0.05, 0.1) is 39.4 Å². The molecule has 1 aromatic rings. The first-order chi connectivity index (χ1) is 16.0. The molecule has 184 valence electrons. The van der Waals surface area contributed by atoms with Crippen molar-refractivity contribution in [1.29, 1.82) is 0 Å². The van der Waals surface area contributed by atoms with Gasteiger partial charge in [-0.1, -0.05) is 25.4 Å². The van der Waals surface area contributed by atoms with Gasteiger partial charge in [-0.2, -0.15) is 0 Å². The van der Waals surface area contributed by atoms with Gasteiger partial charge in [0.15, 0.2) is 0 Å². The number of carbonyl (C=O) groups excluding carboxylic acids is 4. The van der Waals surface area contributed by atoms with Crippen LogP contribution < -0.4 is 16.0 Å². The van der Waals surface area contributed by atoms with Gasteiger partial charge in [0.1, 0.15) is 12.6 Å². The van der Waals surface area contributed by atoms with Crippen LogP contribution in [0.1, 0.15) is 38.1 Å². The Balaban J connectivity index is 2.17. The molecular formula is C21H25ClN4O8. The average Bonchev–Trinajstić information content (AvgIpc) is 2.74. The molecule has 0 fully saturated rings. The van der Waals surface area contributed by atoms with Gasteiger partial charge in [-0.15, -0.1) is 0 Å². The summed E-state index contributed by atoms with van der Waals surface area (Å²) in [5, 5.41) is 18.2. The van der Waals surface area contributed by atoms with E-state index in [1.807, 2.05) is 0 Å². The van der Waals surface area contributed by atoms with E-state index in [4.69, 9.17) is 21.1 Å². The molecule has 0 saturated carbocycles. The van der Waals surface area contributed by atoms with Crippen molar-refractivity contribution in [1.82, 2.24) is 16.0 Å². The van der Waals surface area contributed by atoms with Gasteiger partial charge in [-0.05, 0) is 25.8 Å². The SMILES string of the molecule is CCOC(=O)C1=C(COC(=O)C(NC(=O)c2ccc([N+](=O)[O-])cc2Cl)C(C)C)NC(=O)NC1C. The standard InChI is InChI=1S/C21H25ClN4O8/c1-5-33-19(28)16-11(4)23-21(30)24-15(16)9-34-20(29)17(10(2)3)25-18(27)13-7-6-12(26(31)32)8-14(13)22/h6-8,10-11,17H,5,9H2,1-4H3,(H,25,27)(H2,23,24,30). The van der Waals surface area contributed by atoms with Crippen LogP contribution >= 0.6 is 11.6 Å². The molecular weight excluding hydrogens is 472 g/mol. The van der Waals surface area contributed by atoms with Crippen LogP contribution in [0, 0.1) is 16.0 Å². The second-order valence-corrected chi connectivity index (χ2v) is 8.06. The van der Waals surface area contributed by atoms with Crippen molar-refractivity contribution in [2.24, 2.45) is 5.92 Å². The number of rotatable bonds is 9. The zero-order valence-corrected chi connectivity index (χ0v) is 19.7. The highest BCUT2D eigenvalue weighted by molar-refractivity contribution is 6.34. The number of carbonyl (C=O) groups is 4. The van der Waals surface area contributed by atoms with Gasteiger partial charge in [-0.25, -0.2) is 14.4 Å². The van der Waals surface area contributed by atoms with Crippen molar-refractivity contribution in [2.45, 2.75) is 39.8 Å². The second kappa shape index (κ2) is 11.5. The molecule has 0 aromatic heterocycles. The Hall–Kier alpha value is -3.67. The number of amides is 3. The molecule has 1 aliphatic rings. The van der Waals surface area contributed by atoms with E-state index in [0.717, 1.165) is 12.1 Å². The summed E-state index contributed by atoms with van der Waals surface area (Å²) < 4.78 is 10.3. The largest absolute Gasteiger partial charge is 0.463 e. The predicted molar refractivity (Wildman–Crippen MR) is 120 cm³/mol.